The summed E-state index contributed by atoms with van der Waals surface area (Å²) in [7, 11) is -3.91. The lowest BCUT2D eigenvalue weighted by Crippen LogP contribution is -2.37. The van der Waals surface area contributed by atoms with Gasteiger partial charge in [0.15, 0.2) is 21.9 Å². The molecule has 0 bridgehead atoms. The Balaban J connectivity index is 1.72. The molecule has 1 aromatic carbocycles. The van der Waals surface area contributed by atoms with Gasteiger partial charge in [0.1, 0.15) is 4.91 Å². The number of rotatable bonds is 3. The molecule has 2 aliphatic carbocycles. The molecule has 1 N–H and O–H groups in total. The van der Waals surface area contributed by atoms with Gasteiger partial charge in [-0.1, -0.05) is 13.0 Å². The Morgan fingerprint density at radius 1 is 1.29 bits per heavy atom. The van der Waals surface area contributed by atoms with Crippen molar-refractivity contribution in [1.82, 2.24) is 5.32 Å². The number of hydrogen-bond donors (Lipinski definition) is 1. The Kier molecular flexibility index (Phi) is 4.18. The number of hydrogen-bond acceptors (Lipinski definition) is 7. The van der Waals surface area contributed by atoms with E-state index in [0.717, 1.165) is 36.0 Å². The Morgan fingerprint density at radius 3 is 2.81 bits per heavy atom. The van der Waals surface area contributed by atoms with Crippen molar-refractivity contribution >= 4 is 27.7 Å². The van der Waals surface area contributed by atoms with E-state index in [2.05, 4.69) is 12.2 Å². The molecule has 31 heavy (non-hydrogen) atoms. The van der Waals surface area contributed by atoms with Gasteiger partial charge in [0.2, 0.25) is 11.6 Å². The fraction of sp³-hybridized carbons (Fsp3) is 0.348. The van der Waals surface area contributed by atoms with Crippen LogP contribution in [0.25, 0.3) is 0 Å². The fourth-order valence-electron chi connectivity index (χ4n) is 5.25. The van der Waals surface area contributed by atoms with Crippen LogP contribution in [-0.2, 0) is 26.5 Å². The molecular formula is C23H21NO6S. The van der Waals surface area contributed by atoms with Crippen LogP contribution in [0.5, 0.6) is 0 Å². The topological polar surface area (TPSA) is 111 Å². The van der Waals surface area contributed by atoms with Crippen LogP contribution in [0.1, 0.15) is 68.5 Å². The second-order valence-electron chi connectivity index (χ2n) is 8.63. The van der Waals surface area contributed by atoms with Gasteiger partial charge in [-0.3, -0.25) is 14.4 Å². The highest BCUT2D eigenvalue weighted by atomic mass is 32.2. The number of benzene rings is 1. The predicted molar refractivity (Wildman–Crippen MR) is 112 cm³/mol. The number of ketones is 2. The van der Waals surface area contributed by atoms with Crippen LogP contribution in [0.4, 0.5) is 0 Å². The molecule has 160 valence electrons. The number of nitrogens with one attached hydrogen (secondary N) is 1. The van der Waals surface area contributed by atoms with Crippen LogP contribution < -0.4 is 5.32 Å². The van der Waals surface area contributed by atoms with Crippen molar-refractivity contribution in [3.8, 4) is 0 Å². The Morgan fingerprint density at radius 2 is 2.06 bits per heavy atom. The summed E-state index contributed by atoms with van der Waals surface area (Å²) in [5.74, 6) is -1.06. The smallest absolute Gasteiger partial charge is 0.228 e. The van der Waals surface area contributed by atoms with Gasteiger partial charge in [0.05, 0.1) is 17.7 Å². The van der Waals surface area contributed by atoms with Gasteiger partial charge in [0.25, 0.3) is 0 Å². The fourth-order valence-corrected chi connectivity index (χ4v) is 6.67. The largest absolute Gasteiger partial charge is 0.460 e. The predicted octanol–water partition coefficient (Wildman–Crippen LogP) is 2.39. The third-order valence-electron chi connectivity index (χ3n) is 6.76. The van der Waals surface area contributed by atoms with Crippen LogP contribution in [0, 0.1) is 6.92 Å². The minimum absolute atomic E-state index is 0.0663. The van der Waals surface area contributed by atoms with E-state index >= 15 is 0 Å². The summed E-state index contributed by atoms with van der Waals surface area (Å²) >= 11 is 0. The van der Waals surface area contributed by atoms with Crippen LogP contribution in [0.15, 0.2) is 33.4 Å². The molecular weight excluding hydrogens is 418 g/mol. The SMILES string of the molecule is Cc1cc2c(cc1C(=O)C1=C(C=O)NCCS1(=O)=O)C(=O)c1occ3c1[C@@]2(C)CCC3. The number of allylic oxidation sites excluding steroid dienone is 2. The number of carbonyl (C=O) groups is 3. The molecule has 0 spiro atoms. The Labute approximate surface area is 179 Å². The molecule has 1 aliphatic heterocycles. The lowest BCUT2D eigenvalue weighted by molar-refractivity contribution is -0.105. The molecule has 5 rings (SSSR count). The molecule has 8 heteroatoms. The van der Waals surface area contributed by atoms with Crippen LogP contribution in [0.3, 0.4) is 0 Å². The minimum atomic E-state index is -3.91. The van der Waals surface area contributed by atoms with E-state index < -0.39 is 25.9 Å². The molecule has 0 radical (unpaired) electrons. The van der Waals surface area contributed by atoms with Gasteiger partial charge >= 0.3 is 0 Å². The maximum Gasteiger partial charge on any atom is 0.228 e. The number of aldehydes is 1. The monoisotopic (exact) mass is 439 g/mol. The maximum atomic E-state index is 13.3. The molecule has 0 unspecified atom stereocenters. The van der Waals surface area contributed by atoms with Gasteiger partial charge in [-0.05, 0) is 48.9 Å². The number of aryl methyl sites for hydroxylation is 2. The van der Waals surface area contributed by atoms with E-state index in [-0.39, 0.29) is 29.3 Å². The summed E-state index contributed by atoms with van der Waals surface area (Å²) in [5.41, 5.74) is 3.17. The van der Waals surface area contributed by atoms with Crippen molar-refractivity contribution in [3.63, 3.8) is 0 Å². The molecule has 7 nitrogen and oxygen atoms in total. The third kappa shape index (κ3) is 2.64. The number of furan rings is 1. The molecule has 0 amide bonds. The number of fused-ring (bicyclic) bond motifs is 2. The Hall–Kier alpha value is -3.00. The molecule has 1 atom stereocenters. The maximum absolute atomic E-state index is 13.3. The van der Waals surface area contributed by atoms with Gasteiger partial charge in [-0.2, -0.15) is 0 Å². The summed E-state index contributed by atoms with van der Waals surface area (Å²) in [6.07, 6.45) is 4.66. The number of sulfone groups is 1. The zero-order chi connectivity index (χ0) is 22.1. The second kappa shape index (κ2) is 6.50. The first kappa shape index (κ1) is 19.9. The summed E-state index contributed by atoms with van der Waals surface area (Å²) in [5, 5.41) is 2.69. The van der Waals surface area contributed by atoms with E-state index in [0.29, 0.717) is 23.2 Å². The van der Waals surface area contributed by atoms with Crippen LogP contribution in [0.2, 0.25) is 0 Å². The van der Waals surface area contributed by atoms with Gasteiger partial charge in [-0.15, -0.1) is 0 Å². The van der Waals surface area contributed by atoms with Crippen molar-refractivity contribution in [3.05, 3.63) is 68.1 Å². The van der Waals surface area contributed by atoms with Crippen molar-refractivity contribution in [2.75, 3.05) is 12.3 Å². The highest BCUT2D eigenvalue weighted by Gasteiger charge is 2.46. The normalized spacial score (nSPS) is 23.6. The standard InChI is InChI=1S/C23H21NO6S/c1-12-8-16-15(19(26)21-18-13(11-30-21)4-3-5-23(16,18)2)9-14(12)20(27)22-17(10-25)24-6-7-31(22,28)29/h8-11,24H,3-7H2,1-2H3/t23-/m0/s1. The Bertz CT molecular complexity index is 1330. The number of Topliss-reactive ketones (excluding diaryl/α,β-unsaturated/α-hetero) is 1. The first-order valence-corrected chi connectivity index (χ1v) is 11.9. The van der Waals surface area contributed by atoms with Crippen molar-refractivity contribution in [2.24, 2.45) is 0 Å². The summed E-state index contributed by atoms with van der Waals surface area (Å²) in [4.78, 5) is 37.5. The molecule has 3 aliphatic rings. The van der Waals surface area contributed by atoms with E-state index in [1.54, 1.807) is 13.2 Å². The third-order valence-corrected chi connectivity index (χ3v) is 8.53. The van der Waals surface area contributed by atoms with E-state index in [4.69, 9.17) is 4.42 Å². The summed E-state index contributed by atoms with van der Waals surface area (Å²) < 4.78 is 30.8. The second-order valence-corrected chi connectivity index (χ2v) is 10.7. The van der Waals surface area contributed by atoms with Crippen molar-refractivity contribution in [1.29, 1.82) is 0 Å². The lowest BCUT2D eigenvalue weighted by Gasteiger charge is -2.39. The highest BCUT2D eigenvalue weighted by Crippen LogP contribution is 2.50. The van der Waals surface area contributed by atoms with Gasteiger partial charge < -0.3 is 9.73 Å². The molecule has 0 fully saturated rings. The molecule has 1 aromatic heterocycles. The van der Waals surface area contributed by atoms with Gasteiger partial charge in [0, 0.05) is 28.7 Å². The van der Waals surface area contributed by atoms with Crippen LogP contribution >= 0.6 is 0 Å². The number of carbonyl (C=O) groups excluding carboxylic acids is 3. The van der Waals surface area contributed by atoms with Gasteiger partial charge in [-0.25, -0.2) is 8.42 Å². The molecule has 0 saturated carbocycles. The first-order valence-electron chi connectivity index (χ1n) is 10.2. The molecule has 0 saturated heterocycles. The average molecular weight is 439 g/mol. The summed E-state index contributed by atoms with van der Waals surface area (Å²) in [6.45, 7) is 3.87. The zero-order valence-electron chi connectivity index (χ0n) is 17.2. The zero-order valence-corrected chi connectivity index (χ0v) is 18.0. The quantitative estimate of drug-likeness (QED) is 0.577. The van der Waals surface area contributed by atoms with Crippen LogP contribution in [-0.4, -0.2) is 38.6 Å². The minimum Gasteiger partial charge on any atom is -0.460 e. The highest BCUT2D eigenvalue weighted by molar-refractivity contribution is 7.96. The van der Waals surface area contributed by atoms with Crippen molar-refractivity contribution in [2.45, 2.75) is 38.5 Å². The van der Waals surface area contributed by atoms with E-state index in [1.807, 2.05) is 6.07 Å². The molecule has 2 aromatic rings. The van der Waals surface area contributed by atoms with Crippen molar-refractivity contribution < 1.29 is 27.2 Å². The van der Waals surface area contributed by atoms with E-state index in [9.17, 15) is 22.8 Å². The summed E-state index contributed by atoms with van der Waals surface area (Å²) in [6, 6.07) is 3.29. The average Bonchev–Trinajstić information content (AvgIpc) is 3.17. The lowest BCUT2D eigenvalue weighted by atomic mass is 9.62. The van der Waals surface area contributed by atoms with E-state index in [1.165, 1.54) is 6.07 Å². The first-order chi connectivity index (χ1) is 14.7. The molecule has 2 heterocycles.